The summed E-state index contributed by atoms with van der Waals surface area (Å²) in [6, 6.07) is 2.81. The van der Waals surface area contributed by atoms with Crippen molar-refractivity contribution in [1.29, 1.82) is 0 Å². The van der Waals surface area contributed by atoms with Crippen LogP contribution in [0.4, 0.5) is 19.0 Å². The summed E-state index contributed by atoms with van der Waals surface area (Å²) in [7, 11) is 0. The fourth-order valence-electron chi connectivity index (χ4n) is 6.85. The summed E-state index contributed by atoms with van der Waals surface area (Å²) < 4.78 is 61.1. The highest BCUT2D eigenvalue weighted by molar-refractivity contribution is 6.32. The van der Waals surface area contributed by atoms with E-state index in [2.05, 4.69) is 49.7 Å². The average Bonchev–Trinajstić information content (AvgIpc) is 3.67. The van der Waals surface area contributed by atoms with Crippen LogP contribution < -0.4 is 5.73 Å². The Morgan fingerprint density at radius 3 is 2.73 bits per heavy atom. The third-order valence-electron chi connectivity index (χ3n) is 8.98. The number of anilines is 1. The zero-order valence-corrected chi connectivity index (χ0v) is 25.9. The first-order chi connectivity index (χ1) is 21.2. The normalized spacial score (nSPS) is 28.2. The molecule has 3 aromatic heterocycles. The van der Waals surface area contributed by atoms with E-state index in [0.29, 0.717) is 46.8 Å². The first-order valence-corrected chi connectivity index (χ1v) is 15.3. The molecule has 3 fully saturated rings. The van der Waals surface area contributed by atoms with E-state index in [1.165, 1.54) is 12.4 Å². The van der Waals surface area contributed by atoms with Gasteiger partial charge in [-0.2, -0.15) is 13.2 Å². The summed E-state index contributed by atoms with van der Waals surface area (Å²) in [6.07, 6.45) is 3.57. The van der Waals surface area contributed by atoms with Gasteiger partial charge in [0.05, 0.1) is 34.6 Å². The van der Waals surface area contributed by atoms with Gasteiger partial charge in [0, 0.05) is 18.6 Å². The Hall–Kier alpha value is -3.30. The predicted molar refractivity (Wildman–Crippen MR) is 161 cm³/mol. The number of halogens is 4. The number of nitrogens with two attached hydrogens (primary N) is 1. The minimum atomic E-state index is -4.54. The lowest BCUT2D eigenvalue weighted by Crippen LogP contribution is -2.53. The van der Waals surface area contributed by atoms with Crippen molar-refractivity contribution in [2.45, 2.75) is 82.5 Å². The van der Waals surface area contributed by atoms with Crippen LogP contribution in [0.1, 0.15) is 51.9 Å². The van der Waals surface area contributed by atoms with Gasteiger partial charge in [0.1, 0.15) is 29.9 Å². The molecule has 1 aromatic carbocycles. The molecule has 3 N–H and O–H groups in total. The van der Waals surface area contributed by atoms with Crippen LogP contribution >= 0.6 is 11.6 Å². The Balaban J connectivity index is 1.05. The van der Waals surface area contributed by atoms with Gasteiger partial charge in [-0.25, -0.2) is 19.9 Å². The van der Waals surface area contributed by atoms with Gasteiger partial charge in [0.25, 0.3) is 0 Å². The van der Waals surface area contributed by atoms with Crippen molar-refractivity contribution in [3.8, 4) is 0 Å². The van der Waals surface area contributed by atoms with E-state index >= 15 is 0 Å². The molecule has 1 saturated carbocycles. The van der Waals surface area contributed by atoms with Gasteiger partial charge in [-0.3, -0.25) is 9.47 Å². The second kappa shape index (κ2) is 10.6. The third kappa shape index (κ3) is 5.26. The first-order valence-electron chi connectivity index (χ1n) is 14.9. The van der Waals surface area contributed by atoms with Crippen LogP contribution in [0.5, 0.6) is 0 Å². The van der Waals surface area contributed by atoms with Gasteiger partial charge < -0.3 is 24.9 Å². The third-order valence-corrected chi connectivity index (χ3v) is 9.30. The lowest BCUT2D eigenvalue weighted by molar-refractivity contribution is -0.206. The second-order valence-corrected chi connectivity index (χ2v) is 13.2. The van der Waals surface area contributed by atoms with Crippen molar-refractivity contribution in [1.82, 2.24) is 34.4 Å². The minimum absolute atomic E-state index is 0.249. The number of aromatic nitrogens is 6. The molecule has 0 spiro atoms. The monoisotopic (exact) mass is 646 g/mol. The quantitative estimate of drug-likeness (QED) is 0.273. The number of fused-ring (bicyclic) bond motifs is 3. The van der Waals surface area contributed by atoms with E-state index in [4.69, 9.17) is 31.5 Å². The number of H-pyrrole nitrogens is 1. The van der Waals surface area contributed by atoms with Gasteiger partial charge >= 0.3 is 6.18 Å². The molecule has 0 amide bonds. The lowest BCUT2D eigenvalue weighted by atomic mass is 9.78. The van der Waals surface area contributed by atoms with Crippen molar-refractivity contribution in [2.24, 2.45) is 5.92 Å². The number of benzene rings is 1. The van der Waals surface area contributed by atoms with E-state index in [0.717, 1.165) is 18.9 Å². The van der Waals surface area contributed by atoms with Crippen LogP contribution in [0, 0.1) is 5.92 Å². The number of aromatic amines is 1. The molecule has 0 radical (unpaired) electrons. The topological polar surface area (TPSA) is 129 Å². The van der Waals surface area contributed by atoms with Crippen molar-refractivity contribution in [3.05, 3.63) is 47.3 Å². The molecule has 5 heterocycles. The fourth-order valence-corrected chi connectivity index (χ4v) is 7.12. The summed E-state index contributed by atoms with van der Waals surface area (Å²) in [4.78, 5) is 22.8. The summed E-state index contributed by atoms with van der Waals surface area (Å²) in [5.41, 5.74) is 5.94. The van der Waals surface area contributed by atoms with Gasteiger partial charge in [-0.1, -0.05) is 17.7 Å². The number of nitrogens with zero attached hydrogens (tertiary/aromatic N) is 6. The predicted octanol–water partition coefficient (Wildman–Crippen LogP) is 5.36. The van der Waals surface area contributed by atoms with Crippen LogP contribution in [0.2, 0.25) is 5.02 Å². The minimum Gasteiger partial charge on any atom is -0.382 e. The lowest BCUT2D eigenvalue weighted by Gasteiger charge is -2.45. The Morgan fingerprint density at radius 2 is 2.00 bits per heavy atom. The smallest absolute Gasteiger partial charge is 0.382 e. The number of ether oxygens (including phenoxy) is 3. The first kappa shape index (κ1) is 30.4. The molecule has 3 aliphatic rings. The van der Waals surface area contributed by atoms with Gasteiger partial charge in [0.2, 0.25) is 5.72 Å². The number of hydrogen-bond acceptors (Lipinski definition) is 9. The maximum atomic E-state index is 13.3. The Morgan fingerprint density at radius 1 is 1.22 bits per heavy atom. The van der Waals surface area contributed by atoms with Crippen LogP contribution in [0.15, 0.2) is 30.9 Å². The highest BCUT2D eigenvalue weighted by Crippen LogP contribution is 2.48. The molecule has 0 bridgehead atoms. The maximum absolute atomic E-state index is 13.3. The number of nitrogens with one attached hydrogen (secondary N) is 1. The zero-order valence-electron chi connectivity index (χ0n) is 25.2. The molecule has 15 heteroatoms. The molecule has 4 aromatic rings. The van der Waals surface area contributed by atoms with Crippen LogP contribution in [0.3, 0.4) is 0 Å². The zero-order chi connectivity index (χ0) is 31.9. The molecule has 2 saturated heterocycles. The second-order valence-electron chi connectivity index (χ2n) is 12.8. The summed E-state index contributed by atoms with van der Waals surface area (Å²) in [6.45, 7) is 9.01. The SMILES string of the molecule is CC(C)N(C[C@H]1OC[C@@]2(n3cnc4c(N)ncnc43)OC(C)(C)O[C@H]12)C1CC(/C=C\c2nc3cc(Cl)c(C(F)(F)F)cc3[nH]2)C1. The molecular formula is C30H34ClF3N8O3. The van der Waals surface area contributed by atoms with Crippen molar-refractivity contribution < 1.29 is 27.4 Å². The molecule has 11 nitrogen and oxygen atoms in total. The van der Waals surface area contributed by atoms with Crippen LogP contribution in [-0.4, -0.2) is 77.6 Å². The number of hydrogen-bond donors (Lipinski definition) is 2. The van der Waals surface area contributed by atoms with Crippen LogP contribution in [-0.2, 0) is 26.1 Å². The molecule has 3 atom stereocenters. The standard InChI is InChI=1S/C30H34ClF3N8O3/c1-15(2)41(17-7-16(8-17)5-6-23-39-20-9-18(30(32,33)34)19(31)10-21(20)40-23)11-22-25-29(12-43-22,45-28(3,4)44-25)42-14-38-24-26(35)36-13-37-27(24)42/h5-6,9-10,13-17,22,25H,7-8,11-12H2,1-4H3,(H,39,40)(H2,35,36,37)/b6-5-/t16?,17?,22-,25-,29-/m1/s1. The highest BCUT2D eigenvalue weighted by atomic mass is 35.5. The number of nitrogen functional groups attached to an aromatic ring is 1. The van der Waals surface area contributed by atoms with E-state index in [1.807, 2.05) is 24.5 Å². The average molecular weight is 647 g/mol. The van der Waals surface area contributed by atoms with Crippen molar-refractivity contribution >= 4 is 45.7 Å². The van der Waals surface area contributed by atoms with Crippen molar-refractivity contribution in [2.75, 3.05) is 18.9 Å². The Bertz CT molecular complexity index is 1780. The Labute approximate surface area is 261 Å². The highest BCUT2D eigenvalue weighted by Gasteiger charge is 2.63. The van der Waals surface area contributed by atoms with Gasteiger partial charge in [-0.05, 0) is 64.7 Å². The number of alkyl halides is 3. The molecule has 0 unspecified atom stereocenters. The number of allylic oxidation sites excluding steroid dienone is 1. The molecule has 2 aliphatic heterocycles. The van der Waals surface area contributed by atoms with Gasteiger partial charge in [-0.15, -0.1) is 0 Å². The summed E-state index contributed by atoms with van der Waals surface area (Å²) in [5, 5.41) is -0.369. The molecule has 7 rings (SSSR count). The maximum Gasteiger partial charge on any atom is 0.417 e. The molecule has 1 aliphatic carbocycles. The van der Waals surface area contributed by atoms with E-state index in [1.54, 1.807) is 6.33 Å². The Kier molecular flexibility index (Phi) is 7.17. The molecule has 45 heavy (non-hydrogen) atoms. The summed E-state index contributed by atoms with van der Waals surface area (Å²) >= 11 is 5.86. The van der Waals surface area contributed by atoms with E-state index in [9.17, 15) is 13.2 Å². The largest absolute Gasteiger partial charge is 0.417 e. The van der Waals surface area contributed by atoms with Gasteiger partial charge in [0.15, 0.2) is 17.3 Å². The molecule has 240 valence electrons. The van der Waals surface area contributed by atoms with E-state index < -0.39 is 29.4 Å². The van der Waals surface area contributed by atoms with Crippen LogP contribution in [0.25, 0.3) is 28.3 Å². The molecular weight excluding hydrogens is 613 g/mol. The van der Waals surface area contributed by atoms with Crippen molar-refractivity contribution in [3.63, 3.8) is 0 Å². The number of imidazole rings is 2. The number of rotatable bonds is 7. The summed E-state index contributed by atoms with van der Waals surface area (Å²) in [5.74, 6) is 0.225. The van der Waals surface area contributed by atoms with E-state index in [-0.39, 0.29) is 29.3 Å². The fraction of sp³-hybridized carbons (Fsp3) is 0.533.